The molecule has 0 amide bonds. The molecule has 0 spiro atoms. The zero-order chi connectivity index (χ0) is 21.1. The van der Waals surface area contributed by atoms with E-state index in [1.54, 1.807) is 6.07 Å². The first-order chi connectivity index (χ1) is 14.5. The van der Waals surface area contributed by atoms with Gasteiger partial charge in [-0.3, -0.25) is 5.01 Å². The Morgan fingerprint density at radius 1 is 0.933 bits per heavy atom. The van der Waals surface area contributed by atoms with E-state index in [1.807, 2.05) is 41.4 Å². The molecule has 30 heavy (non-hydrogen) atoms. The van der Waals surface area contributed by atoms with Crippen LogP contribution in [0.15, 0.2) is 47.6 Å². The van der Waals surface area contributed by atoms with Crippen LogP contribution >= 0.6 is 47.0 Å². The standard InChI is InChI=1S/C23H24Cl3N3S/c24-16-9-7-15(8-10-16)22-14-20(23(30)27-18-5-3-1-2-4-6-18)28-29(22)21-12-11-17(25)13-19(21)26/h7-13,18,22H,1-6,14H2,(H,27,30). The summed E-state index contributed by atoms with van der Waals surface area (Å²) in [6, 6.07) is 13.8. The molecule has 1 atom stereocenters. The number of rotatable bonds is 4. The van der Waals surface area contributed by atoms with Crippen LogP contribution in [-0.2, 0) is 0 Å². The van der Waals surface area contributed by atoms with Crippen LogP contribution in [0, 0.1) is 0 Å². The maximum absolute atomic E-state index is 6.52. The quantitative estimate of drug-likeness (QED) is 0.361. The maximum Gasteiger partial charge on any atom is 0.123 e. The van der Waals surface area contributed by atoms with Crippen molar-refractivity contribution in [2.75, 3.05) is 5.01 Å². The minimum absolute atomic E-state index is 0.00942. The highest BCUT2D eigenvalue weighted by Crippen LogP contribution is 2.40. The summed E-state index contributed by atoms with van der Waals surface area (Å²) in [5.74, 6) is 0. The molecule has 0 radical (unpaired) electrons. The van der Waals surface area contributed by atoms with Crippen molar-refractivity contribution in [3.8, 4) is 0 Å². The van der Waals surface area contributed by atoms with E-state index >= 15 is 0 Å². The number of halogens is 3. The Morgan fingerprint density at radius 2 is 1.60 bits per heavy atom. The Bertz CT molecular complexity index is 937. The summed E-state index contributed by atoms with van der Waals surface area (Å²) in [5, 5.41) is 12.3. The fraction of sp³-hybridized carbons (Fsp3) is 0.391. The zero-order valence-corrected chi connectivity index (χ0v) is 19.7. The number of thiocarbonyl (C=S) groups is 1. The van der Waals surface area contributed by atoms with Gasteiger partial charge in [0.25, 0.3) is 0 Å². The predicted octanol–water partition coefficient (Wildman–Crippen LogP) is 7.59. The second kappa shape index (κ2) is 9.86. The number of hydrogen-bond donors (Lipinski definition) is 1. The van der Waals surface area contributed by atoms with Crippen molar-refractivity contribution in [3.63, 3.8) is 0 Å². The van der Waals surface area contributed by atoms with Gasteiger partial charge < -0.3 is 5.32 Å². The summed E-state index contributed by atoms with van der Waals surface area (Å²) >= 11 is 24.5. The van der Waals surface area contributed by atoms with Crippen LogP contribution in [0.25, 0.3) is 0 Å². The lowest BCUT2D eigenvalue weighted by atomic mass is 10.0. The maximum atomic E-state index is 6.52. The Hall–Kier alpha value is -1.33. The molecule has 1 aliphatic heterocycles. The molecule has 1 unspecified atom stereocenters. The van der Waals surface area contributed by atoms with Gasteiger partial charge in [0.15, 0.2) is 0 Å². The molecule has 1 fully saturated rings. The van der Waals surface area contributed by atoms with Crippen molar-refractivity contribution < 1.29 is 0 Å². The third-order valence-corrected chi connectivity index (χ3v) is 6.92. The summed E-state index contributed by atoms with van der Waals surface area (Å²) in [4.78, 5) is 0.744. The van der Waals surface area contributed by atoms with E-state index in [-0.39, 0.29) is 6.04 Å². The van der Waals surface area contributed by atoms with E-state index in [0.29, 0.717) is 27.5 Å². The second-order valence-corrected chi connectivity index (χ2v) is 9.61. The van der Waals surface area contributed by atoms with Crippen LogP contribution in [0.5, 0.6) is 0 Å². The molecule has 7 heteroatoms. The molecule has 1 N–H and O–H groups in total. The van der Waals surface area contributed by atoms with E-state index in [9.17, 15) is 0 Å². The van der Waals surface area contributed by atoms with Gasteiger partial charge >= 0.3 is 0 Å². The summed E-state index contributed by atoms with van der Waals surface area (Å²) in [7, 11) is 0. The van der Waals surface area contributed by atoms with Crippen LogP contribution in [-0.4, -0.2) is 16.7 Å². The van der Waals surface area contributed by atoms with Crippen LogP contribution in [0.3, 0.4) is 0 Å². The molecule has 1 aliphatic carbocycles. The Kier molecular flexibility index (Phi) is 7.20. The van der Waals surface area contributed by atoms with Crippen molar-refractivity contribution in [2.24, 2.45) is 5.10 Å². The highest BCUT2D eigenvalue weighted by molar-refractivity contribution is 7.82. The van der Waals surface area contributed by atoms with Gasteiger partial charge in [0, 0.05) is 22.5 Å². The molecule has 0 saturated heterocycles. The summed E-state index contributed by atoms with van der Waals surface area (Å²) in [6.07, 6.45) is 8.18. The van der Waals surface area contributed by atoms with Crippen LogP contribution in [0.1, 0.15) is 56.6 Å². The Morgan fingerprint density at radius 3 is 2.27 bits per heavy atom. The number of anilines is 1. The molecule has 1 saturated carbocycles. The van der Waals surface area contributed by atoms with Gasteiger partial charge in [0.1, 0.15) is 4.99 Å². The number of benzene rings is 2. The van der Waals surface area contributed by atoms with E-state index in [0.717, 1.165) is 22.0 Å². The highest BCUT2D eigenvalue weighted by Gasteiger charge is 2.32. The van der Waals surface area contributed by atoms with Gasteiger partial charge in [-0.2, -0.15) is 5.10 Å². The molecule has 2 aromatic rings. The first kappa shape index (κ1) is 21.9. The smallest absolute Gasteiger partial charge is 0.123 e. The molecule has 4 rings (SSSR count). The summed E-state index contributed by atoms with van der Waals surface area (Å²) in [5.41, 5.74) is 2.81. The lowest BCUT2D eigenvalue weighted by Crippen LogP contribution is -2.37. The van der Waals surface area contributed by atoms with Crippen LogP contribution < -0.4 is 10.3 Å². The normalized spacial score (nSPS) is 20.0. The molecule has 0 bridgehead atoms. The zero-order valence-electron chi connectivity index (χ0n) is 16.6. The van der Waals surface area contributed by atoms with E-state index in [4.69, 9.17) is 52.1 Å². The molecule has 2 aliphatic rings. The van der Waals surface area contributed by atoms with Gasteiger partial charge in [-0.15, -0.1) is 0 Å². The average Bonchev–Trinajstić information content (AvgIpc) is 3.00. The van der Waals surface area contributed by atoms with Crippen LogP contribution in [0.4, 0.5) is 5.69 Å². The predicted molar refractivity (Wildman–Crippen MR) is 132 cm³/mol. The molecule has 3 nitrogen and oxygen atoms in total. The minimum atomic E-state index is -0.00942. The molecular formula is C23H24Cl3N3S. The monoisotopic (exact) mass is 479 g/mol. The fourth-order valence-corrected chi connectivity index (χ4v) is 5.09. The molecule has 158 valence electrons. The van der Waals surface area contributed by atoms with Crippen LogP contribution in [0.2, 0.25) is 15.1 Å². The van der Waals surface area contributed by atoms with E-state index < -0.39 is 0 Å². The topological polar surface area (TPSA) is 27.6 Å². The summed E-state index contributed by atoms with van der Waals surface area (Å²) < 4.78 is 0. The van der Waals surface area contributed by atoms with Gasteiger partial charge in [-0.05, 0) is 48.7 Å². The molecule has 1 heterocycles. The molecular weight excluding hydrogens is 457 g/mol. The molecule has 0 aromatic heterocycles. The Labute approximate surface area is 198 Å². The summed E-state index contributed by atoms with van der Waals surface area (Å²) in [6.45, 7) is 0. The number of hydrazone groups is 1. The molecule has 2 aromatic carbocycles. The number of nitrogens with one attached hydrogen (secondary N) is 1. The van der Waals surface area contributed by atoms with Crippen molar-refractivity contribution in [2.45, 2.75) is 57.0 Å². The number of hydrogen-bond acceptors (Lipinski definition) is 3. The van der Waals surface area contributed by atoms with Crippen molar-refractivity contribution in [1.82, 2.24) is 5.32 Å². The van der Waals surface area contributed by atoms with E-state index in [2.05, 4.69) is 5.32 Å². The SMILES string of the molecule is S=C(NC1CCCCCC1)C1=NN(c2ccc(Cl)cc2Cl)C(c2ccc(Cl)cc2)C1. The van der Waals surface area contributed by atoms with Gasteiger partial charge in [-0.1, -0.05) is 84.8 Å². The van der Waals surface area contributed by atoms with Crippen molar-refractivity contribution in [1.29, 1.82) is 0 Å². The van der Waals surface area contributed by atoms with E-state index in [1.165, 1.54) is 38.5 Å². The Balaban J connectivity index is 1.61. The van der Waals surface area contributed by atoms with Gasteiger partial charge in [0.2, 0.25) is 0 Å². The van der Waals surface area contributed by atoms with Crippen molar-refractivity contribution in [3.05, 3.63) is 63.1 Å². The first-order valence-corrected chi connectivity index (χ1v) is 11.9. The lowest BCUT2D eigenvalue weighted by molar-refractivity contribution is 0.537. The second-order valence-electron chi connectivity index (χ2n) is 7.92. The minimum Gasteiger partial charge on any atom is -0.372 e. The fourth-order valence-electron chi connectivity index (χ4n) is 4.17. The largest absolute Gasteiger partial charge is 0.372 e. The first-order valence-electron chi connectivity index (χ1n) is 10.4. The van der Waals surface area contributed by atoms with Crippen molar-refractivity contribution >= 4 is 63.4 Å². The number of nitrogens with zero attached hydrogens (tertiary/aromatic N) is 2. The van der Waals surface area contributed by atoms with Gasteiger partial charge in [0.05, 0.1) is 22.5 Å². The van der Waals surface area contributed by atoms with Gasteiger partial charge in [-0.25, -0.2) is 0 Å². The lowest BCUT2D eigenvalue weighted by Gasteiger charge is -2.25. The highest BCUT2D eigenvalue weighted by atomic mass is 35.5. The third kappa shape index (κ3) is 5.11. The third-order valence-electron chi connectivity index (χ3n) is 5.77. The average molecular weight is 481 g/mol.